The maximum Gasteiger partial charge on any atom is 0.435 e. The van der Waals surface area contributed by atoms with Crippen molar-refractivity contribution < 1.29 is 52.5 Å². The summed E-state index contributed by atoms with van der Waals surface area (Å²) in [5.74, 6) is -1.40. The van der Waals surface area contributed by atoms with Gasteiger partial charge in [-0.15, -0.1) is 0 Å². The lowest BCUT2D eigenvalue weighted by atomic mass is 9.76. The van der Waals surface area contributed by atoms with Crippen LogP contribution in [0.4, 0.5) is 35.1 Å². The lowest BCUT2D eigenvalue weighted by molar-refractivity contribution is -0.348. The topological polar surface area (TPSA) is 83.9 Å². The zero-order valence-electron chi connectivity index (χ0n) is 23.2. The van der Waals surface area contributed by atoms with E-state index in [2.05, 4.69) is 4.36 Å². The molecule has 1 amide bonds. The van der Waals surface area contributed by atoms with Gasteiger partial charge in [0.1, 0.15) is 10.6 Å². The zero-order valence-corrected chi connectivity index (χ0v) is 24.9. The van der Waals surface area contributed by atoms with Gasteiger partial charge >= 0.3 is 18.0 Å². The number of alkyl halides is 7. The predicted molar refractivity (Wildman–Crippen MR) is 144 cm³/mol. The number of carbonyl (C=O) groups excluding carboxylic acids is 1. The van der Waals surface area contributed by atoms with Gasteiger partial charge in [-0.05, 0) is 67.5 Å². The highest BCUT2D eigenvalue weighted by molar-refractivity contribution is 7.93. The molecular formula is C28H28F8N2O4S2. The molecule has 0 bridgehead atoms. The van der Waals surface area contributed by atoms with E-state index < -0.39 is 71.6 Å². The molecule has 242 valence electrons. The second-order valence-corrected chi connectivity index (χ2v) is 16.3. The number of nitrogens with zero attached hydrogens (tertiary/aromatic N) is 2. The van der Waals surface area contributed by atoms with Crippen LogP contribution in [-0.4, -0.2) is 66.9 Å². The molecule has 44 heavy (non-hydrogen) atoms. The molecule has 3 aliphatic rings. The quantitative estimate of drug-likeness (QED) is 0.302. The number of carbonyl (C=O) groups is 1. The van der Waals surface area contributed by atoms with Crippen molar-refractivity contribution in [3.8, 4) is 0 Å². The van der Waals surface area contributed by atoms with Crippen LogP contribution < -0.4 is 0 Å². The summed E-state index contributed by atoms with van der Waals surface area (Å²) in [6.45, 7) is -0.104. The van der Waals surface area contributed by atoms with Crippen LogP contribution in [0, 0.1) is 11.7 Å². The molecule has 0 spiro atoms. The maximum absolute atomic E-state index is 15.0. The minimum Gasteiger partial charge on any atom is -0.337 e. The fourth-order valence-electron chi connectivity index (χ4n) is 6.88. The van der Waals surface area contributed by atoms with Crippen molar-refractivity contribution in [3.63, 3.8) is 0 Å². The number of fused-ring (bicyclic) bond motifs is 3. The molecule has 5 rings (SSSR count). The molecule has 2 aromatic rings. The molecule has 2 atom stereocenters. The Morgan fingerprint density at radius 3 is 2.09 bits per heavy atom. The first-order valence-corrected chi connectivity index (χ1v) is 17.0. The van der Waals surface area contributed by atoms with Gasteiger partial charge < -0.3 is 4.90 Å². The monoisotopic (exact) mass is 672 g/mol. The van der Waals surface area contributed by atoms with E-state index in [0.717, 1.165) is 30.3 Å². The molecular weight excluding hydrogens is 644 g/mol. The van der Waals surface area contributed by atoms with E-state index in [9.17, 15) is 52.5 Å². The first kappa shape index (κ1) is 32.6. The van der Waals surface area contributed by atoms with Crippen LogP contribution in [0.15, 0.2) is 51.7 Å². The number of hydrogen-bond donors (Lipinski definition) is 0. The van der Waals surface area contributed by atoms with Crippen LogP contribution in [0.1, 0.15) is 42.4 Å². The lowest BCUT2D eigenvalue weighted by Gasteiger charge is -2.43. The van der Waals surface area contributed by atoms with Gasteiger partial charge in [0.25, 0.3) is 0 Å². The van der Waals surface area contributed by atoms with Gasteiger partial charge in [-0.3, -0.25) is 4.79 Å². The van der Waals surface area contributed by atoms with E-state index in [1.165, 1.54) is 11.9 Å². The number of halogens is 8. The minimum atomic E-state index is -6.36. The van der Waals surface area contributed by atoms with Crippen molar-refractivity contribution in [2.75, 3.05) is 25.1 Å². The number of amides is 1. The Morgan fingerprint density at radius 2 is 1.55 bits per heavy atom. The van der Waals surface area contributed by atoms with Crippen molar-refractivity contribution in [3.05, 3.63) is 65.0 Å². The Morgan fingerprint density at radius 1 is 0.955 bits per heavy atom. The van der Waals surface area contributed by atoms with Crippen LogP contribution in [-0.2, 0) is 41.2 Å². The first-order valence-electron chi connectivity index (χ1n) is 13.7. The summed E-state index contributed by atoms with van der Waals surface area (Å²) in [4.78, 5) is 14.8. The molecule has 2 fully saturated rings. The third-order valence-electron chi connectivity index (χ3n) is 9.20. The second kappa shape index (κ2) is 10.7. The fourth-order valence-corrected chi connectivity index (χ4v) is 11.1. The molecule has 0 N–H and O–H groups in total. The Labute approximate surface area is 248 Å². The summed E-state index contributed by atoms with van der Waals surface area (Å²) in [6, 6.07) is 4.18. The highest BCUT2D eigenvalue weighted by atomic mass is 32.2. The van der Waals surface area contributed by atoms with Crippen LogP contribution in [0.5, 0.6) is 0 Å². The number of hydrogen-bond acceptors (Lipinski definition) is 5. The van der Waals surface area contributed by atoms with E-state index in [4.69, 9.17) is 0 Å². The third kappa shape index (κ3) is 4.81. The summed E-state index contributed by atoms with van der Waals surface area (Å²) in [7, 11) is -5.60. The van der Waals surface area contributed by atoms with E-state index >= 15 is 0 Å². The zero-order chi connectivity index (χ0) is 32.5. The standard InChI is InChI=1S/C28H28F8N2O4S2/c1-37-43(40)14-10-17(11-15-43)24(39)38-13-12-25(44(41,42)21-6-4-20(29)5-7-21)22-8-3-19(16-18(22)2-9-23(25)38)26(30,27(31,32)33)28(34,35)36/h3-8,16-17,23H,2,9-15H2,1H3/t17?,23-,25-,43?/m1/s1. The molecule has 2 aliphatic heterocycles. The van der Waals surface area contributed by atoms with Crippen molar-refractivity contribution in [2.45, 2.75) is 65.8 Å². The predicted octanol–water partition coefficient (Wildman–Crippen LogP) is 5.84. The van der Waals surface area contributed by atoms with Gasteiger partial charge in [0, 0.05) is 46.3 Å². The molecule has 0 aromatic heterocycles. The molecule has 1 aliphatic carbocycles. The molecule has 2 saturated heterocycles. The fraction of sp³-hybridized carbons (Fsp3) is 0.536. The van der Waals surface area contributed by atoms with Crippen molar-refractivity contribution in [2.24, 2.45) is 10.3 Å². The Bertz CT molecular complexity index is 1670. The van der Waals surface area contributed by atoms with Crippen molar-refractivity contribution >= 4 is 25.5 Å². The summed E-state index contributed by atoms with van der Waals surface area (Å²) < 4.78 is 153. The summed E-state index contributed by atoms with van der Waals surface area (Å²) >= 11 is 0. The molecule has 2 aromatic carbocycles. The molecule has 0 unspecified atom stereocenters. The molecule has 0 saturated carbocycles. The van der Waals surface area contributed by atoms with Crippen LogP contribution >= 0.6 is 0 Å². The molecule has 2 heterocycles. The van der Waals surface area contributed by atoms with Gasteiger partial charge in [-0.1, -0.05) is 18.2 Å². The summed E-state index contributed by atoms with van der Waals surface area (Å²) in [5, 5.41) is 0. The van der Waals surface area contributed by atoms with E-state index in [1.54, 1.807) is 0 Å². The smallest absolute Gasteiger partial charge is 0.337 e. The SMILES string of the molecule is CN=S1(=O)CCC(C(=O)N2CC[C@@]3(S(=O)(=O)c4ccc(F)cc4)c4ccc(C(F)(C(F)(F)F)C(F)(F)F)cc4CC[C@@H]23)CC1. The highest BCUT2D eigenvalue weighted by Gasteiger charge is 2.74. The first-order chi connectivity index (χ1) is 20.3. The van der Waals surface area contributed by atoms with Gasteiger partial charge in [0.15, 0.2) is 9.84 Å². The minimum absolute atomic E-state index is 0.104. The molecule has 6 nitrogen and oxygen atoms in total. The van der Waals surface area contributed by atoms with Crippen LogP contribution in [0.2, 0.25) is 0 Å². The van der Waals surface area contributed by atoms with E-state index in [-0.39, 0.29) is 66.2 Å². The number of likely N-dealkylation sites (tertiary alicyclic amines) is 1. The maximum atomic E-state index is 15.0. The average molecular weight is 673 g/mol. The van der Waals surface area contributed by atoms with E-state index in [1.807, 2.05) is 0 Å². The van der Waals surface area contributed by atoms with Gasteiger partial charge in [-0.25, -0.2) is 25.8 Å². The van der Waals surface area contributed by atoms with Crippen LogP contribution in [0.3, 0.4) is 0 Å². The van der Waals surface area contributed by atoms with Gasteiger partial charge in [0.2, 0.25) is 5.91 Å². The molecule has 16 heteroatoms. The normalized spacial score (nSPS) is 27.9. The highest BCUT2D eigenvalue weighted by Crippen LogP contribution is 2.57. The summed E-state index contributed by atoms with van der Waals surface area (Å²) in [6.07, 6.45) is -12.9. The van der Waals surface area contributed by atoms with Crippen LogP contribution in [0.25, 0.3) is 0 Å². The Balaban J connectivity index is 1.64. The van der Waals surface area contributed by atoms with E-state index in [0.29, 0.717) is 12.1 Å². The lowest BCUT2D eigenvalue weighted by Crippen LogP contribution is -2.54. The number of benzene rings is 2. The summed E-state index contributed by atoms with van der Waals surface area (Å²) in [5.41, 5.74) is -7.81. The number of aryl methyl sites for hydroxylation is 1. The molecule has 0 radical (unpaired) electrons. The van der Waals surface area contributed by atoms with Gasteiger partial charge in [-0.2, -0.15) is 26.3 Å². The Kier molecular flexibility index (Phi) is 7.91. The third-order valence-corrected chi connectivity index (χ3v) is 14.2. The number of sulfone groups is 1. The number of rotatable bonds is 4. The van der Waals surface area contributed by atoms with Crippen molar-refractivity contribution in [1.82, 2.24) is 4.90 Å². The average Bonchev–Trinajstić information content (AvgIpc) is 3.37. The van der Waals surface area contributed by atoms with Crippen molar-refractivity contribution in [1.29, 1.82) is 0 Å². The largest absolute Gasteiger partial charge is 0.435 e. The Hall–Kier alpha value is -2.75. The second-order valence-electron chi connectivity index (χ2n) is 11.3. The van der Waals surface area contributed by atoms with Gasteiger partial charge in [0.05, 0.1) is 10.9 Å².